The van der Waals surface area contributed by atoms with Crippen molar-refractivity contribution in [2.75, 3.05) is 13.6 Å². The largest absolute Gasteiger partial charge is 0.340 e. The van der Waals surface area contributed by atoms with Crippen molar-refractivity contribution in [3.63, 3.8) is 0 Å². The Morgan fingerprint density at radius 3 is 2.35 bits per heavy atom. The van der Waals surface area contributed by atoms with E-state index < -0.39 is 0 Å². The van der Waals surface area contributed by atoms with Gasteiger partial charge in [0.15, 0.2) is 5.69 Å². The molecule has 5 heteroatoms. The molecule has 0 radical (unpaired) electrons. The highest BCUT2D eigenvalue weighted by Crippen LogP contribution is 2.60. The number of carbonyl (C=O) groups is 1. The summed E-state index contributed by atoms with van der Waals surface area (Å²) < 4.78 is 1.95. The predicted molar refractivity (Wildman–Crippen MR) is 99.7 cm³/mol. The molecule has 1 amide bonds. The highest BCUT2D eigenvalue weighted by atomic mass is 16.2. The predicted octanol–water partition coefficient (Wildman–Crippen LogP) is 4.07. The lowest BCUT2D eigenvalue weighted by atomic mass is 9.49. The molecule has 5 saturated carbocycles. The van der Waals surface area contributed by atoms with Crippen molar-refractivity contribution in [1.29, 1.82) is 0 Å². The number of aromatic nitrogens is 3. The summed E-state index contributed by atoms with van der Waals surface area (Å²) in [4.78, 5) is 14.9. The zero-order valence-electron chi connectivity index (χ0n) is 16.1. The van der Waals surface area contributed by atoms with E-state index >= 15 is 0 Å². The van der Waals surface area contributed by atoms with E-state index in [4.69, 9.17) is 0 Å². The number of hydrogen-bond acceptors (Lipinski definition) is 3. The van der Waals surface area contributed by atoms with Gasteiger partial charge in [-0.2, -0.15) is 0 Å². The van der Waals surface area contributed by atoms with Crippen LogP contribution in [0.3, 0.4) is 0 Å². The third-order valence-corrected chi connectivity index (χ3v) is 7.76. The summed E-state index contributed by atoms with van der Waals surface area (Å²) in [6.07, 6.45) is 16.5. The SMILES string of the molecule is CN(CC12CC3CC(CC(C3)C1)C2)C(=O)c1cn(C2CCCCC2)nn1. The Labute approximate surface area is 156 Å². The molecule has 5 aliphatic carbocycles. The van der Waals surface area contributed by atoms with Crippen molar-refractivity contribution in [1.82, 2.24) is 19.9 Å². The van der Waals surface area contributed by atoms with E-state index in [9.17, 15) is 4.79 Å². The van der Waals surface area contributed by atoms with Gasteiger partial charge in [0.25, 0.3) is 5.91 Å². The van der Waals surface area contributed by atoms with Crippen LogP contribution < -0.4 is 0 Å². The van der Waals surface area contributed by atoms with E-state index in [2.05, 4.69) is 10.3 Å². The van der Waals surface area contributed by atoms with Crippen molar-refractivity contribution >= 4 is 5.91 Å². The van der Waals surface area contributed by atoms with Gasteiger partial charge in [-0.1, -0.05) is 24.5 Å². The Morgan fingerprint density at radius 2 is 1.73 bits per heavy atom. The van der Waals surface area contributed by atoms with Gasteiger partial charge in [-0.25, -0.2) is 4.68 Å². The summed E-state index contributed by atoms with van der Waals surface area (Å²) >= 11 is 0. The molecule has 4 bridgehead atoms. The molecule has 5 aliphatic rings. The minimum absolute atomic E-state index is 0.0582. The van der Waals surface area contributed by atoms with Gasteiger partial charge in [0, 0.05) is 13.6 Å². The lowest BCUT2D eigenvalue weighted by Crippen LogP contribution is -2.51. The lowest BCUT2D eigenvalue weighted by Gasteiger charge is -2.57. The van der Waals surface area contributed by atoms with E-state index in [-0.39, 0.29) is 5.91 Å². The van der Waals surface area contributed by atoms with Crippen LogP contribution >= 0.6 is 0 Å². The number of nitrogens with zero attached hydrogens (tertiary/aromatic N) is 4. The van der Waals surface area contributed by atoms with Crippen molar-refractivity contribution in [3.8, 4) is 0 Å². The first-order chi connectivity index (χ1) is 12.6. The number of hydrogen-bond donors (Lipinski definition) is 0. The van der Waals surface area contributed by atoms with Crippen molar-refractivity contribution in [2.45, 2.75) is 76.7 Å². The van der Waals surface area contributed by atoms with Crippen LogP contribution in [0.5, 0.6) is 0 Å². The van der Waals surface area contributed by atoms with E-state index in [0.29, 0.717) is 17.2 Å². The molecule has 1 aromatic rings. The molecule has 6 rings (SSSR count). The van der Waals surface area contributed by atoms with Crippen LogP contribution in [0, 0.1) is 23.2 Å². The molecule has 26 heavy (non-hydrogen) atoms. The molecular formula is C21H32N4O. The van der Waals surface area contributed by atoms with Crippen molar-refractivity contribution < 1.29 is 4.79 Å². The Kier molecular flexibility index (Phi) is 4.09. The Morgan fingerprint density at radius 1 is 1.12 bits per heavy atom. The van der Waals surface area contributed by atoms with E-state index in [1.807, 2.05) is 22.8 Å². The summed E-state index contributed by atoms with van der Waals surface area (Å²) in [5.41, 5.74) is 0.918. The fourth-order valence-corrected chi connectivity index (χ4v) is 7.15. The van der Waals surface area contributed by atoms with E-state index in [0.717, 1.165) is 24.3 Å². The minimum Gasteiger partial charge on any atom is -0.340 e. The van der Waals surface area contributed by atoms with Crippen LogP contribution in [-0.4, -0.2) is 39.4 Å². The molecule has 1 heterocycles. The first kappa shape index (κ1) is 16.8. The second-order valence-electron chi connectivity index (χ2n) is 9.95. The molecule has 5 fully saturated rings. The molecule has 0 spiro atoms. The van der Waals surface area contributed by atoms with Gasteiger partial charge in [-0.3, -0.25) is 4.79 Å². The van der Waals surface area contributed by atoms with E-state index in [1.165, 1.54) is 70.6 Å². The number of amides is 1. The number of carbonyl (C=O) groups excluding carboxylic acids is 1. The lowest BCUT2D eigenvalue weighted by molar-refractivity contribution is -0.0629. The zero-order chi connectivity index (χ0) is 17.7. The average molecular weight is 357 g/mol. The Hall–Kier alpha value is -1.39. The van der Waals surface area contributed by atoms with Crippen LogP contribution in [0.25, 0.3) is 0 Å². The quantitative estimate of drug-likeness (QED) is 0.817. The fourth-order valence-electron chi connectivity index (χ4n) is 7.15. The second-order valence-corrected chi connectivity index (χ2v) is 9.95. The van der Waals surface area contributed by atoms with Gasteiger partial charge in [-0.05, 0) is 74.5 Å². The summed E-state index contributed by atoms with van der Waals surface area (Å²) in [7, 11) is 1.97. The normalized spacial score (nSPS) is 36.4. The fraction of sp³-hybridized carbons (Fsp3) is 0.857. The molecule has 0 aliphatic heterocycles. The molecule has 0 saturated heterocycles. The van der Waals surface area contributed by atoms with Gasteiger partial charge >= 0.3 is 0 Å². The second kappa shape index (κ2) is 6.35. The van der Waals surface area contributed by atoms with Crippen LogP contribution in [0.4, 0.5) is 0 Å². The smallest absolute Gasteiger partial charge is 0.275 e. The van der Waals surface area contributed by atoms with Gasteiger partial charge in [0.1, 0.15) is 0 Å². The van der Waals surface area contributed by atoms with Crippen LogP contribution in [-0.2, 0) is 0 Å². The first-order valence-electron chi connectivity index (χ1n) is 10.8. The molecule has 142 valence electrons. The molecule has 0 atom stereocenters. The zero-order valence-corrected chi connectivity index (χ0v) is 16.1. The highest BCUT2D eigenvalue weighted by Gasteiger charge is 2.51. The maximum Gasteiger partial charge on any atom is 0.275 e. The third-order valence-electron chi connectivity index (χ3n) is 7.76. The molecule has 5 nitrogen and oxygen atoms in total. The summed E-state index contributed by atoms with van der Waals surface area (Å²) in [6.45, 7) is 0.908. The van der Waals surface area contributed by atoms with Crippen LogP contribution in [0.2, 0.25) is 0 Å². The molecular weight excluding hydrogens is 324 g/mol. The summed E-state index contributed by atoms with van der Waals surface area (Å²) in [5, 5.41) is 8.52. The highest BCUT2D eigenvalue weighted by molar-refractivity contribution is 5.91. The number of rotatable bonds is 4. The summed E-state index contributed by atoms with van der Waals surface area (Å²) in [6, 6.07) is 0.436. The molecule has 0 aromatic carbocycles. The summed E-state index contributed by atoms with van der Waals surface area (Å²) in [5.74, 6) is 2.84. The topological polar surface area (TPSA) is 51.0 Å². The van der Waals surface area contributed by atoms with Crippen LogP contribution in [0.15, 0.2) is 6.20 Å². The van der Waals surface area contributed by atoms with Gasteiger partial charge in [0.2, 0.25) is 0 Å². The molecule has 0 N–H and O–H groups in total. The maximum atomic E-state index is 13.0. The van der Waals surface area contributed by atoms with Crippen molar-refractivity contribution in [2.24, 2.45) is 23.2 Å². The Balaban J connectivity index is 1.26. The van der Waals surface area contributed by atoms with E-state index in [1.54, 1.807) is 0 Å². The first-order valence-corrected chi connectivity index (χ1v) is 10.8. The monoisotopic (exact) mass is 356 g/mol. The standard InChI is InChI=1S/C21H32N4O/c1-24(14-21-10-15-7-16(11-21)9-17(8-15)12-21)20(26)19-13-25(23-22-19)18-5-3-2-4-6-18/h13,15-18H,2-12,14H2,1H3. The van der Waals surface area contributed by atoms with Gasteiger partial charge < -0.3 is 4.90 Å². The third kappa shape index (κ3) is 2.97. The minimum atomic E-state index is 0.0582. The average Bonchev–Trinajstić information content (AvgIpc) is 3.10. The molecule has 0 unspecified atom stereocenters. The van der Waals surface area contributed by atoms with Gasteiger partial charge in [0.05, 0.1) is 12.2 Å². The van der Waals surface area contributed by atoms with Crippen molar-refractivity contribution in [3.05, 3.63) is 11.9 Å². The Bertz CT molecular complexity index is 640. The van der Waals surface area contributed by atoms with Gasteiger partial charge in [-0.15, -0.1) is 5.10 Å². The molecule has 1 aromatic heterocycles. The maximum absolute atomic E-state index is 13.0. The van der Waals surface area contributed by atoms with Crippen LogP contribution in [0.1, 0.15) is 87.2 Å².